The van der Waals surface area contributed by atoms with Gasteiger partial charge in [-0.1, -0.05) is 15.9 Å². The van der Waals surface area contributed by atoms with Crippen molar-refractivity contribution in [1.29, 1.82) is 0 Å². The summed E-state index contributed by atoms with van der Waals surface area (Å²) in [6.45, 7) is 2.97. The summed E-state index contributed by atoms with van der Waals surface area (Å²) in [4.78, 5) is 25.1. The van der Waals surface area contributed by atoms with Crippen molar-refractivity contribution in [2.24, 2.45) is 11.7 Å². The van der Waals surface area contributed by atoms with Crippen LogP contribution >= 0.6 is 15.9 Å². The predicted molar refractivity (Wildman–Crippen MR) is 72.1 cm³/mol. The van der Waals surface area contributed by atoms with Gasteiger partial charge >= 0.3 is 0 Å². The molecule has 0 aliphatic carbocycles. The van der Waals surface area contributed by atoms with Crippen LogP contribution in [0.4, 0.5) is 0 Å². The van der Waals surface area contributed by atoms with E-state index in [2.05, 4.69) is 15.9 Å². The average Bonchev–Trinajstić information content (AvgIpc) is 2.75. The molecule has 1 aromatic rings. The minimum Gasteiger partial charge on any atom is -0.369 e. The van der Waals surface area contributed by atoms with Gasteiger partial charge in [0.1, 0.15) is 0 Å². The molecule has 1 heterocycles. The lowest BCUT2D eigenvalue weighted by atomic mass is 10.1. The SMILES string of the molecule is Cc1cc(Br)cc(C(=O)N2CC[C@@H](C(N)=O)C2)c1. The first kappa shape index (κ1) is 13.1. The molecule has 5 heteroatoms. The number of rotatable bonds is 2. The lowest BCUT2D eigenvalue weighted by molar-refractivity contribution is -0.121. The molecule has 0 aromatic heterocycles. The zero-order chi connectivity index (χ0) is 13.3. The highest BCUT2D eigenvalue weighted by atomic mass is 79.9. The fourth-order valence-electron chi connectivity index (χ4n) is 2.22. The summed E-state index contributed by atoms with van der Waals surface area (Å²) in [7, 11) is 0. The smallest absolute Gasteiger partial charge is 0.253 e. The molecule has 0 spiro atoms. The topological polar surface area (TPSA) is 63.4 Å². The van der Waals surface area contributed by atoms with E-state index in [0.29, 0.717) is 25.1 Å². The Labute approximate surface area is 114 Å². The summed E-state index contributed by atoms with van der Waals surface area (Å²) in [5, 5.41) is 0. The zero-order valence-electron chi connectivity index (χ0n) is 10.1. The van der Waals surface area contributed by atoms with Crippen molar-refractivity contribution in [3.05, 3.63) is 33.8 Å². The number of primary amides is 1. The van der Waals surface area contributed by atoms with E-state index in [1.165, 1.54) is 0 Å². The molecular weight excluding hydrogens is 296 g/mol. The highest BCUT2D eigenvalue weighted by molar-refractivity contribution is 9.10. The Bertz CT molecular complexity index is 482. The molecule has 0 bridgehead atoms. The maximum absolute atomic E-state index is 12.3. The maximum atomic E-state index is 12.3. The number of aryl methyl sites for hydroxylation is 1. The number of hydrogen-bond donors (Lipinski definition) is 1. The molecule has 0 radical (unpaired) electrons. The molecule has 1 fully saturated rings. The van der Waals surface area contributed by atoms with Gasteiger partial charge in [-0.3, -0.25) is 9.59 Å². The molecule has 96 valence electrons. The third kappa shape index (κ3) is 2.72. The summed E-state index contributed by atoms with van der Waals surface area (Å²) in [6.07, 6.45) is 0.661. The maximum Gasteiger partial charge on any atom is 0.253 e. The first-order valence-electron chi connectivity index (χ1n) is 5.83. The highest BCUT2D eigenvalue weighted by Gasteiger charge is 2.30. The van der Waals surface area contributed by atoms with Crippen molar-refractivity contribution >= 4 is 27.7 Å². The first-order chi connectivity index (χ1) is 8.47. The molecule has 0 saturated carbocycles. The van der Waals surface area contributed by atoms with Crippen LogP contribution in [-0.4, -0.2) is 29.8 Å². The molecule has 2 N–H and O–H groups in total. The number of nitrogens with two attached hydrogens (primary N) is 1. The fourth-order valence-corrected chi connectivity index (χ4v) is 2.83. The van der Waals surface area contributed by atoms with E-state index in [0.717, 1.165) is 10.0 Å². The van der Waals surface area contributed by atoms with Crippen LogP contribution in [0.5, 0.6) is 0 Å². The molecule has 18 heavy (non-hydrogen) atoms. The summed E-state index contributed by atoms with van der Waals surface area (Å²) in [6, 6.07) is 5.60. The second kappa shape index (κ2) is 5.10. The van der Waals surface area contributed by atoms with Gasteiger partial charge in [0.05, 0.1) is 5.92 Å². The summed E-state index contributed by atoms with van der Waals surface area (Å²) in [5.41, 5.74) is 6.93. The Balaban J connectivity index is 2.15. The van der Waals surface area contributed by atoms with Crippen molar-refractivity contribution < 1.29 is 9.59 Å². The third-order valence-electron chi connectivity index (χ3n) is 3.17. The van der Waals surface area contributed by atoms with E-state index < -0.39 is 0 Å². The summed E-state index contributed by atoms with van der Waals surface area (Å²) in [5.74, 6) is -0.568. The number of nitrogens with zero attached hydrogens (tertiary/aromatic N) is 1. The van der Waals surface area contributed by atoms with E-state index >= 15 is 0 Å². The zero-order valence-corrected chi connectivity index (χ0v) is 11.7. The van der Waals surface area contributed by atoms with Crippen molar-refractivity contribution in [3.8, 4) is 0 Å². The summed E-state index contributed by atoms with van der Waals surface area (Å²) < 4.78 is 0.886. The van der Waals surface area contributed by atoms with Crippen molar-refractivity contribution in [3.63, 3.8) is 0 Å². The first-order valence-corrected chi connectivity index (χ1v) is 6.62. The van der Waals surface area contributed by atoms with Crippen molar-refractivity contribution in [2.75, 3.05) is 13.1 Å². The molecule has 2 rings (SSSR count). The average molecular weight is 311 g/mol. The molecule has 1 saturated heterocycles. The van der Waals surface area contributed by atoms with Crippen LogP contribution in [0.25, 0.3) is 0 Å². The third-order valence-corrected chi connectivity index (χ3v) is 3.62. The van der Waals surface area contributed by atoms with Crippen molar-refractivity contribution in [2.45, 2.75) is 13.3 Å². The molecule has 1 aromatic carbocycles. The normalized spacial score (nSPS) is 19.0. The van der Waals surface area contributed by atoms with Crippen LogP contribution in [0.1, 0.15) is 22.3 Å². The second-order valence-corrected chi connectivity index (χ2v) is 5.57. The second-order valence-electron chi connectivity index (χ2n) is 4.66. The Hall–Kier alpha value is -1.36. The molecule has 0 unspecified atom stereocenters. The molecule has 4 nitrogen and oxygen atoms in total. The van der Waals surface area contributed by atoms with Gasteiger partial charge in [0, 0.05) is 23.1 Å². The van der Waals surface area contributed by atoms with Crippen molar-refractivity contribution in [1.82, 2.24) is 4.90 Å². The van der Waals surface area contributed by atoms with Gasteiger partial charge in [-0.05, 0) is 37.1 Å². The lowest BCUT2D eigenvalue weighted by Gasteiger charge is -2.16. The van der Waals surface area contributed by atoms with E-state index in [4.69, 9.17) is 5.73 Å². The molecular formula is C13H15BrN2O2. The van der Waals surface area contributed by atoms with Crippen LogP contribution < -0.4 is 5.73 Å². The van der Waals surface area contributed by atoms with Crippen LogP contribution in [-0.2, 0) is 4.79 Å². The van der Waals surface area contributed by atoms with Gasteiger partial charge in [-0.25, -0.2) is 0 Å². The van der Waals surface area contributed by atoms with Gasteiger partial charge < -0.3 is 10.6 Å². The standard InChI is InChI=1S/C13H15BrN2O2/c1-8-4-10(6-11(14)5-8)13(18)16-3-2-9(7-16)12(15)17/h4-6,9H,2-3,7H2,1H3,(H2,15,17)/t9-/m1/s1. The largest absolute Gasteiger partial charge is 0.369 e. The minimum absolute atomic E-state index is 0.0387. The Morgan fingerprint density at radius 1 is 1.39 bits per heavy atom. The van der Waals surface area contributed by atoms with E-state index in [1.54, 1.807) is 11.0 Å². The van der Waals surface area contributed by atoms with Gasteiger partial charge in [-0.2, -0.15) is 0 Å². The molecule has 1 aliphatic rings. The van der Waals surface area contributed by atoms with E-state index in [-0.39, 0.29) is 17.7 Å². The van der Waals surface area contributed by atoms with Crippen LogP contribution in [0.3, 0.4) is 0 Å². The predicted octanol–water partition coefficient (Wildman–Crippen LogP) is 1.70. The Kier molecular flexibility index (Phi) is 3.71. The van der Waals surface area contributed by atoms with Gasteiger partial charge in [0.25, 0.3) is 5.91 Å². The highest BCUT2D eigenvalue weighted by Crippen LogP contribution is 2.21. The number of halogens is 1. The fraction of sp³-hybridized carbons (Fsp3) is 0.385. The number of benzene rings is 1. The number of carbonyl (C=O) groups excluding carboxylic acids is 2. The van der Waals surface area contributed by atoms with Gasteiger partial charge in [0.2, 0.25) is 5.91 Å². The molecule has 1 aliphatic heterocycles. The monoisotopic (exact) mass is 310 g/mol. The minimum atomic E-state index is -0.323. The van der Waals surface area contributed by atoms with Crippen LogP contribution in [0.15, 0.2) is 22.7 Å². The number of likely N-dealkylation sites (tertiary alicyclic amines) is 1. The quantitative estimate of drug-likeness (QED) is 0.903. The molecule has 2 amide bonds. The Morgan fingerprint density at radius 2 is 2.11 bits per heavy atom. The summed E-state index contributed by atoms with van der Waals surface area (Å²) >= 11 is 3.38. The van der Waals surface area contributed by atoms with Crippen LogP contribution in [0.2, 0.25) is 0 Å². The number of hydrogen-bond acceptors (Lipinski definition) is 2. The van der Waals surface area contributed by atoms with E-state index in [1.807, 2.05) is 19.1 Å². The Morgan fingerprint density at radius 3 is 2.67 bits per heavy atom. The van der Waals surface area contributed by atoms with Gasteiger partial charge in [0.15, 0.2) is 0 Å². The van der Waals surface area contributed by atoms with Crippen LogP contribution in [0, 0.1) is 12.8 Å². The van der Waals surface area contributed by atoms with E-state index in [9.17, 15) is 9.59 Å². The van der Waals surface area contributed by atoms with Gasteiger partial charge in [-0.15, -0.1) is 0 Å². The lowest BCUT2D eigenvalue weighted by Crippen LogP contribution is -2.31. The molecule has 1 atom stereocenters. The number of carbonyl (C=O) groups is 2. The number of amides is 2.